The number of carbonyl (C=O) groups is 5. The van der Waals surface area contributed by atoms with Gasteiger partial charge in [0.2, 0.25) is 18.3 Å². The predicted molar refractivity (Wildman–Crippen MR) is 158 cm³/mol. The molecular weight excluding hydrogens is 574 g/mol. The monoisotopic (exact) mass is 609 g/mol. The lowest BCUT2D eigenvalue weighted by molar-refractivity contribution is -0.145. The third-order valence-electron chi connectivity index (χ3n) is 6.34. The average molecular weight is 610 g/mol. The van der Waals surface area contributed by atoms with Crippen LogP contribution in [0.3, 0.4) is 0 Å². The molecule has 1 aromatic carbocycles. The fourth-order valence-electron chi connectivity index (χ4n) is 3.82. The number of nitrogens with zero attached hydrogens (tertiary/aromatic N) is 4. The number of rotatable bonds is 15. The molecule has 3 amide bonds. The standard InChI is InChI=1S/C29H35N7O8/c1-5-6-13-44-22(38)12-11-21(28(42)43-4)32-26(40)18-7-9-20(10-8-18)36(16-37)15-19-14-30-24-23(31-19)27(41)35-29(33-24)34-25(39)17(2)3/h7-10,14,16-17,21H,5-6,11-13,15H2,1-4H3,(H,32,40)(H2,30,33,34,35,39,41)/t21-/m0/s1. The number of benzene rings is 1. The molecule has 0 aliphatic heterocycles. The zero-order valence-corrected chi connectivity index (χ0v) is 24.9. The summed E-state index contributed by atoms with van der Waals surface area (Å²) in [5.74, 6) is -2.46. The second-order valence-electron chi connectivity index (χ2n) is 10.0. The fourth-order valence-corrected chi connectivity index (χ4v) is 3.82. The Kier molecular flexibility index (Phi) is 12.0. The Bertz CT molecular complexity index is 1560. The molecule has 0 fully saturated rings. The number of ether oxygens (including phenoxy) is 2. The first-order chi connectivity index (χ1) is 21.1. The van der Waals surface area contributed by atoms with Gasteiger partial charge in [-0.15, -0.1) is 0 Å². The lowest BCUT2D eigenvalue weighted by Gasteiger charge is -2.18. The van der Waals surface area contributed by atoms with Crippen LogP contribution < -0.4 is 21.1 Å². The first-order valence-corrected chi connectivity index (χ1v) is 14.0. The number of aromatic nitrogens is 4. The summed E-state index contributed by atoms with van der Waals surface area (Å²) in [7, 11) is 1.18. The van der Waals surface area contributed by atoms with Crippen LogP contribution >= 0.6 is 0 Å². The number of nitrogens with one attached hydrogen (secondary N) is 3. The molecule has 0 saturated heterocycles. The van der Waals surface area contributed by atoms with E-state index in [1.807, 2.05) is 6.92 Å². The van der Waals surface area contributed by atoms with Crippen LogP contribution in [0.15, 0.2) is 35.3 Å². The molecule has 2 aromatic heterocycles. The molecule has 0 saturated carbocycles. The summed E-state index contributed by atoms with van der Waals surface area (Å²) in [6.45, 7) is 5.59. The molecule has 3 N–H and O–H groups in total. The van der Waals surface area contributed by atoms with Crippen molar-refractivity contribution in [3.05, 3.63) is 52.1 Å². The smallest absolute Gasteiger partial charge is 0.328 e. The van der Waals surface area contributed by atoms with Crippen molar-refractivity contribution >= 4 is 53.0 Å². The number of esters is 2. The maximum absolute atomic E-state index is 12.8. The zero-order chi connectivity index (χ0) is 32.2. The van der Waals surface area contributed by atoms with Crippen molar-refractivity contribution in [2.75, 3.05) is 23.9 Å². The van der Waals surface area contributed by atoms with Crippen LogP contribution in [0.2, 0.25) is 0 Å². The Morgan fingerprint density at radius 2 is 1.84 bits per heavy atom. The molecule has 15 heteroatoms. The van der Waals surface area contributed by atoms with Gasteiger partial charge in [-0.25, -0.2) is 14.8 Å². The minimum absolute atomic E-state index is 0.000579. The van der Waals surface area contributed by atoms with E-state index in [9.17, 15) is 28.8 Å². The highest BCUT2D eigenvalue weighted by Crippen LogP contribution is 2.17. The van der Waals surface area contributed by atoms with Gasteiger partial charge < -0.3 is 19.7 Å². The second-order valence-corrected chi connectivity index (χ2v) is 10.0. The first kappa shape index (κ1) is 33.3. The number of amides is 3. The van der Waals surface area contributed by atoms with E-state index in [-0.39, 0.29) is 66.2 Å². The van der Waals surface area contributed by atoms with Crippen LogP contribution in [-0.4, -0.2) is 69.9 Å². The maximum Gasteiger partial charge on any atom is 0.328 e. The van der Waals surface area contributed by atoms with E-state index in [0.29, 0.717) is 12.1 Å². The van der Waals surface area contributed by atoms with E-state index in [1.165, 1.54) is 42.5 Å². The van der Waals surface area contributed by atoms with Gasteiger partial charge in [0.1, 0.15) is 6.04 Å². The Labute approximate surface area is 252 Å². The largest absolute Gasteiger partial charge is 0.467 e. The predicted octanol–water partition coefficient (Wildman–Crippen LogP) is 1.87. The lowest BCUT2D eigenvalue weighted by atomic mass is 10.1. The minimum atomic E-state index is -1.07. The summed E-state index contributed by atoms with van der Waals surface area (Å²) in [5, 5.41) is 5.07. The summed E-state index contributed by atoms with van der Waals surface area (Å²) in [6, 6.07) is 4.90. The number of carbonyl (C=O) groups excluding carboxylic acids is 5. The van der Waals surface area contributed by atoms with Crippen LogP contribution in [0.5, 0.6) is 0 Å². The van der Waals surface area contributed by atoms with E-state index in [4.69, 9.17) is 9.47 Å². The van der Waals surface area contributed by atoms with Crippen molar-refractivity contribution in [2.45, 2.75) is 59.0 Å². The van der Waals surface area contributed by atoms with Crippen molar-refractivity contribution in [3.63, 3.8) is 0 Å². The number of hydrogen-bond acceptors (Lipinski definition) is 11. The fraction of sp³-hybridized carbons (Fsp3) is 0.414. The van der Waals surface area contributed by atoms with E-state index < -0.39 is 29.4 Å². The third-order valence-corrected chi connectivity index (χ3v) is 6.34. The summed E-state index contributed by atoms with van der Waals surface area (Å²) in [6.07, 6.45) is 3.44. The summed E-state index contributed by atoms with van der Waals surface area (Å²) < 4.78 is 9.86. The molecule has 0 bridgehead atoms. The number of unbranched alkanes of at least 4 members (excludes halogenated alkanes) is 1. The van der Waals surface area contributed by atoms with Crippen molar-refractivity contribution in [2.24, 2.45) is 5.92 Å². The van der Waals surface area contributed by atoms with E-state index in [0.717, 1.165) is 12.8 Å². The molecule has 15 nitrogen and oxygen atoms in total. The molecule has 0 radical (unpaired) electrons. The first-order valence-electron chi connectivity index (χ1n) is 14.0. The molecule has 2 heterocycles. The summed E-state index contributed by atoms with van der Waals surface area (Å²) in [4.78, 5) is 89.7. The van der Waals surface area contributed by atoms with Gasteiger partial charge in [-0.05, 0) is 37.1 Å². The normalized spacial score (nSPS) is 11.5. The molecular formula is C29H35N7O8. The van der Waals surface area contributed by atoms with Crippen LogP contribution in [0.25, 0.3) is 11.2 Å². The maximum atomic E-state index is 12.8. The number of fused-ring (bicyclic) bond motifs is 1. The van der Waals surface area contributed by atoms with E-state index in [2.05, 4.69) is 30.6 Å². The Balaban J connectivity index is 1.68. The second kappa shape index (κ2) is 15.9. The number of aromatic amines is 1. The van der Waals surface area contributed by atoms with E-state index in [1.54, 1.807) is 13.8 Å². The SMILES string of the molecule is CCCCOC(=O)CC[C@H](NC(=O)c1ccc(N(C=O)Cc2cnc3nc(NC(=O)C(C)C)[nH]c(=O)c3n2)cc1)C(=O)OC. The highest BCUT2D eigenvalue weighted by atomic mass is 16.5. The van der Waals surface area contributed by atoms with Gasteiger partial charge in [-0.3, -0.25) is 34.3 Å². The molecule has 44 heavy (non-hydrogen) atoms. The van der Waals surface area contributed by atoms with Gasteiger partial charge in [0.05, 0.1) is 32.2 Å². The topological polar surface area (TPSA) is 203 Å². The molecule has 0 spiro atoms. The van der Waals surface area contributed by atoms with Crippen molar-refractivity contribution in [1.82, 2.24) is 25.3 Å². The molecule has 0 aliphatic rings. The number of H-pyrrole nitrogens is 1. The van der Waals surface area contributed by atoms with Gasteiger partial charge in [0.25, 0.3) is 11.5 Å². The molecule has 234 valence electrons. The summed E-state index contributed by atoms with van der Waals surface area (Å²) >= 11 is 0. The molecule has 0 unspecified atom stereocenters. The van der Waals surface area contributed by atoms with Crippen LogP contribution in [0, 0.1) is 5.92 Å². The highest BCUT2D eigenvalue weighted by molar-refractivity contribution is 5.97. The Morgan fingerprint density at radius 3 is 2.48 bits per heavy atom. The van der Waals surface area contributed by atoms with Crippen molar-refractivity contribution < 1.29 is 33.4 Å². The average Bonchev–Trinajstić information content (AvgIpc) is 3.01. The van der Waals surface area contributed by atoms with E-state index >= 15 is 0 Å². The minimum Gasteiger partial charge on any atom is -0.467 e. The van der Waals surface area contributed by atoms with Crippen molar-refractivity contribution in [1.29, 1.82) is 0 Å². The molecule has 1 atom stereocenters. The zero-order valence-electron chi connectivity index (χ0n) is 24.9. The van der Waals surface area contributed by atoms with Gasteiger partial charge in [-0.2, -0.15) is 4.98 Å². The Morgan fingerprint density at radius 1 is 1.11 bits per heavy atom. The van der Waals surface area contributed by atoms with Crippen molar-refractivity contribution in [3.8, 4) is 0 Å². The number of methoxy groups -OCH3 is 1. The summed E-state index contributed by atoms with van der Waals surface area (Å²) in [5.41, 5.74) is 0.224. The molecule has 3 rings (SSSR count). The number of hydrogen-bond donors (Lipinski definition) is 3. The van der Waals surface area contributed by atoms with Crippen LogP contribution in [-0.2, 0) is 35.2 Å². The molecule has 3 aromatic rings. The lowest BCUT2D eigenvalue weighted by Crippen LogP contribution is -2.42. The van der Waals surface area contributed by atoms with Gasteiger partial charge in [-0.1, -0.05) is 27.2 Å². The number of anilines is 2. The third kappa shape index (κ3) is 9.14. The highest BCUT2D eigenvalue weighted by Gasteiger charge is 2.24. The van der Waals surface area contributed by atoms with Crippen LogP contribution in [0.1, 0.15) is 62.5 Å². The van der Waals surface area contributed by atoms with Crippen LogP contribution in [0.4, 0.5) is 11.6 Å². The quantitative estimate of drug-likeness (QED) is 0.129. The Hall–Kier alpha value is -5.21. The van der Waals surface area contributed by atoms with Gasteiger partial charge in [0, 0.05) is 23.6 Å². The van der Waals surface area contributed by atoms with Gasteiger partial charge in [0.15, 0.2) is 11.2 Å². The van der Waals surface area contributed by atoms with Gasteiger partial charge >= 0.3 is 11.9 Å². The molecule has 0 aliphatic carbocycles.